The first-order chi connectivity index (χ1) is 7.83. The number of aliphatic imine (C=N–C) groups is 1. The van der Waals surface area contributed by atoms with Crippen molar-refractivity contribution in [2.75, 3.05) is 6.54 Å². The van der Waals surface area contributed by atoms with E-state index in [9.17, 15) is 4.79 Å². The topological polar surface area (TPSA) is 58.7 Å². The molecule has 2 amide bonds. The van der Waals surface area contributed by atoms with E-state index < -0.39 is 0 Å². The van der Waals surface area contributed by atoms with E-state index in [2.05, 4.69) is 32.7 Å². The Morgan fingerprint density at radius 3 is 2.65 bits per heavy atom. The van der Waals surface area contributed by atoms with Gasteiger partial charge >= 0.3 is 6.03 Å². The summed E-state index contributed by atoms with van der Waals surface area (Å²) in [5.74, 6) is 0.924. The molecule has 2 atom stereocenters. The zero-order valence-electron chi connectivity index (χ0n) is 11.3. The highest BCUT2D eigenvalue weighted by molar-refractivity contribution is 6.06. The standard InChI is InChI=1S/C13H23N3O/c1-5-6-16-11(17)15-10(14)13(16)8-12(3,4)7-9(13)2/h9H,5-8H2,1-4H3,(H2,14,15,17). The molecule has 0 aromatic heterocycles. The van der Waals surface area contributed by atoms with Crippen LogP contribution in [-0.4, -0.2) is 28.9 Å². The number of rotatable bonds is 2. The minimum atomic E-state index is -0.309. The van der Waals surface area contributed by atoms with Crippen molar-refractivity contribution in [2.24, 2.45) is 22.1 Å². The average molecular weight is 237 g/mol. The Balaban J connectivity index is 2.40. The number of nitrogens with zero attached hydrogens (tertiary/aromatic N) is 2. The molecular formula is C13H23N3O. The second-order valence-electron chi connectivity index (χ2n) is 6.30. The quantitative estimate of drug-likeness (QED) is 0.801. The minimum Gasteiger partial charge on any atom is -0.385 e. The number of carbonyl (C=O) groups is 1. The van der Waals surface area contributed by atoms with Crippen molar-refractivity contribution in [2.45, 2.75) is 52.5 Å². The summed E-state index contributed by atoms with van der Waals surface area (Å²) in [6, 6.07) is -0.145. The molecule has 17 heavy (non-hydrogen) atoms. The van der Waals surface area contributed by atoms with Gasteiger partial charge in [-0.05, 0) is 30.6 Å². The largest absolute Gasteiger partial charge is 0.385 e. The lowest BCUT2D eigenvalue weighted by molar-refractivity contribution is 0.147. The van der Waals surface area contributed by atoms with Crippen molar-refractivity contribution in [3.8, 4) is 0 Å². The van der Waals surface area contributed by atoms with Crippen LogP contribution >= 0.6 is 0 Å². The summed E-state index contributed by atoms with van der Waals surface area (Å²) in [6.07, 6.45) is 2.97. The van der Waals surface area contributed by atoms with Gasteiger partial charge in [0.05, 0.1) is 0 Å². The van der Waals surface area contributed by atoms with Gasteiger partial charge in [0, 0.05) is 6.54 Å². The molecule has 0 aromatic carbocycles. The molecule has 4 nitrogen and oxygen atoms in total. The number of urea groups is 1. The molecule has 0 saturated heterocycles. The summed E-state index contributed by atoms with van der Waals surface area (Å²) in [4.78, 5) is 17.9. The third kappa shape index (κ3) is 1.65. The summed E-state index contributed by atoms with van der Waals surface area (Å²) in [7, 11) is 0. The second kappa shape index (κ2) is 3.72. The van der Waals surface area contributed by atoms with Crippen LogP contribution in [0.25, 0.3) is 0 Å². The number of amidine groups is 1. The first-order valence-corrected chi connectivity index (χ1v) is 6.50. The average Bonchev–Trinajstić information content (AvgIpc) is 2.56. The molecule has 1 heterocycles. The van der Waals surface area contributed by atoms with Gasteiger partial charge < -0.3 is 10.6 Å². The molecule has 4 heteroatoms. The van der Waals surface area contributed by atoms with Crippen LogP contribution < -0.4 is 5.73 Å². The Morgan fingerprint density at radius 2 is 2.18 bits per heavy atom. The van der Waals surface area contributed by atoms with Gasteiger partial charge in [0.25, 0.3) is 0 Å². The number of amides is 2. The molecule has 1 spiro atoms. The van der Waals surface area contributed by atoms with Crippen LogP contribution in [-0.2, 0) is 0 Å². The smallest absolute Gasteiger partial charge is 0.346 e. The molecule has 2 aliphatic rings. The van der Waals surface area contributed by atoms with E-state index in [1.54, 1.807) is 0 Å². The van der Waals surface area contributed by atoms with Crippen LogP contribution in [0.2, 0.25) is 0 Å². The lowest BCUT2D eigenvalue weighted by atomic mass is 9.84. The van der Waals surface area contributed by atoms with Crippen molar-refractivity contribution in [3.05, 3.63) is 0 Å². The highest BCUT2D eigenvalue weighted by Gasteiger charge is 2.58. The van der Waals surface area contributed by atoms with Crippen molar-refractivity contribution in [1.82, 2.24) is 4.90 Å². The van der Waals surface area contributed by atoms with Gasteiger partial charge in [0.1, 0.15) is 11.4 Å². The van der Waals surface area contributed by atoms with Crippen molar-refractivity contribution < 1.29 is 4.79 Å². The molecule has 0 aromatic rings. The van der Waals surface area contributed by atoms with Gasteiger partial charge in [-0.3, -0.25) is 0 Å². The van der Waals surface area contributed by atoms with Crippen LogP contribution in [0.4, 0.5) is 4.79 Å². The van der Waals surface area contributed by atoms with E-state index in [0.717, 1.165) is 25.8 Å². The molecule has 2 N–H and O–H groups in total. The van der Waals surface area contributed by atoms with Gasteiger partial charge in [-0.2, -0.15) is 4.99 Å². The first kappa shape index (κ1) is 12.4. The number of hydrogen-bond donors (Lipinski definition) is 1. The van der Waals surface area contributed by atoms with Gasteiger partial charge in [-0.1, -0.05) is 27.7 Å². The fraction of sp³-hybridized carbons (Fsp3) is 0.846. The predicted octanol–water partition coefficient (Wildman–Crippen LogP) is 2.38. The van der Waals surface area contributed by atoms with Gasteiger partial charge in [-0.25, -0.2) is 4.79 Å². The number of nitrogens with two attached hydrogens (primary N) is 1. The Kier molecular flexibility index (Phi) is 2.71. The van der Waals surface area contributed by atoms with Crippen LogP contribution in [0, 0.1) is 11.3 Å². The molecule has 1 aliphatic heterocycles. The summed E-state index contributed by atoms with van der Waals surface area (Å²) in [6.45, 7) is 9.53. The zero-order chi connectivity index (χ0) is 12.8. The summed E-state index contributed by atoms with van der Waals surface area (Å²) >= 11 is 0. The molecule has 1 fully saturated rings. The molecular weight excluding hydrogens is 214 g/mol. The summed E-state index contributed by atoms with van der Waals surface area (Å²) in [5, 5.41) is 0. The zero-order valence-corrected chi connectivity index (χ0v) is 11.3. The van der Waals surface area contributed by atoms with Crippen LogP contribution in [0.1, 0.15) is 47.0 Å². The van der Waals surface area contributed by atoms with Gasteiger partial charge in [0.15, 0.2) is 0 Å². The maximum atomic E-state index is 12.0. The Bertz CT molecular complexity index is 375. The highest BCUT2D eigenvalue weighted by Crippen LogP contribution is 2.52. The van der Waals surface area contributed by atoms with Crippen molar-refractivity contribution >= 4 is 11.9 Å². The van der Waals surface area contributed by atoms with Crippen LogP contribution in [0.5, 0.6) is 0 Å². The van der Waals surface area contributed by atoms with Crippen LogP contribution in [0.3, 0.4) is 0 Å². The monoisotopic (exact) mass is 237 g/mol. The molecule has 0 radical (unpaired) electrons. The second-order valence-corrected chi connectivity index (χ2v) is 6.30. The maximum Gasteiger partial charge on any atom is 0.346 e. The highest BCUT2D eigenvalue weighted by atomic mass is 16.2. The van der Waals surface area contributed by atoms with E-state index >= 15 is 0 Å². The molecule has 96 valence electrons. The fourth-order valence-corrected chi connectivity index (χ4v) is 3.77. The van der Waals surface area contributed by atoms with E-state index in [4.69, 9.17) is 5.73 Å². The fourth-order valence-electron chi connectivity index (χ4n) is 3.77. The Morgan fingerprint density at radius 1 is 1.53 bits per heavy atom. The number of carbonyl (C=O) groups excluding carboxylic acids is 1. The maximum absolute atomic E-state index is 12.0. The SMILES string of the molecule is CCCN1C(=O)N=C(N)C12CC(C)(C)CC2C. The first-order valence-electron chi connectivity index (χ1n) is 6.50. The van der Waals surface area contributed by atoms with Gasteiger partial charge in [-0.15, -0.1) is 0 Å². The van der Waals surface area contributed by atoms with Crippen LogP contribution in [0.15, 0.2) is 4.99 Å². The Labute approximate surface area is 103 Å². The Hall–Kier alpha value is -1.06. The normalized spacial score (nSPS) is 35.8. The third-order valence-corrected chi connectivity index (χ3v) is 4.24. The minimum absolute atomic E-state index is 0.145. The third-order valence-electron chi connectivity index (χ3n) is 4.24. The molecule has 2 unspecified atom stereocenters. The molecule has 2 rings (SSSR count). The lowest BCUT2D eigenvalue weighted by Crippen LogP contribution is -2.56. The van der Waals surface area contributed by atoms with Crippen molar-refractivity contribution in [1.29, 1.82) is 0 Å². The number of hydrogen-bond acceptors (Lipinski definition) is 2. The molecule has 1 aliphatic carbocycles. The summed E-state index contributed by atoms with van der Waals surface area (Å²) < 4.78 is 0. The van der Waals surface area contributed by atoms with E-state index in [1.165, 1.54) is 0 Å². The van der Waals surface area contributed by atoms with E-state index in [1.807, 2.05) is 4.90 Å². The van der Waals surface area contributed by atoms with Crippen molar-refractivity contribution in [3.63, 3.8) is 0 Å². The summed E-state index contributed by atoms with van der Waals surface area (Å²) in [5.41, 5.74) is 6.01. The van der Waals surface area contributed by atoms with Gasteiger partial charge in [0.2, 0.25) is 0 Å². The molecule has 1 saturated carbocycles. The predicted molar refractivity (Wildman–Crippen MR) is 68.9 cm³/mol. The lowest BCUT2D eigenvalue weighted by Gasteiger charge is -2.38. The molecule has 0 bridgehead atoms. The van der Waals surface area contributed by atoms with E-state index in [0.29, 0.717) is 11.8 Å². The van der Waals surface area contributed by atoms with E-state index in [-0.39, 0.29) is 17.0 Å².